The molecule has 3 aromatic rings. The van der Waals surface area contributed by atoms with Crippen LogP contribution >= 0.6 is 0 Å². The van der Waals surface area contributed by atoms with Crippen molar-refractivity contribution < 1.29 is 9.59 Å². The first-order chi connectivity index (χ1) is 14.1. The first kappa shape index (κ1) is 19.8. The lowest BCUT2D eigenvalue weighted by molar-refractivity contribution is -0.122. The molecule has 0 spiro atoms. The first-order valence-electron chi connectivity index (χ1n) is 9.15. The Morgan fingerprint density at radius 1 is 1.14 bits per heavy atom. The standard InChI is InChI=1S/C22H21N5O2/c1-27-15-19(14-25-27)18-9-5-6-16(12-18)13-20(22(29)24-11-10-23)26-21(28)17-7-3-2-4-8-17/h2-9,12,14-15,20H,11,13H2,1H3,(H,24,29)(H,26,28). The number of nitriles is 1. The smallest absolute Gasteiger partial charge is 0.251 e. The van der Waals surface area contributed by atoms with Crippen LogP contribution in [0.25, 0.3) is 11.1 Å². The summed E-state index contributed by atoms with van der Waals surface area (Å²) in [5, 5.41) is 18.2. The van der Waals surface area contributed by atoms with E-state index in [4.69, 9.17) is 5.26 Å². The maximum Gasteiger partial charge on any atom is 0.251 e. The molecule has 0 saturated carbocycles. The van der Waals surface area contributed by atoms with Crippen molar-refractivity contribution in [2.45, 2.75) is 12.5 Å². The third kappa shape index (κ3) is 5.30. The first-order valence-corrected chi connectivity index (χ1v) is 9.15. The molecule has 0 saturated heterocycles. The second-order valence-electron chi connectivity index (χ2n) is 6.58. The topological polar surface area (TPSA) is 99.8 Å². The van der Waals surface area contributed by atoms with Gasteiger partial charge in [-0.25, -0.2) is 0 Å². The SMILES string of the molecule is Cn1cc(-c2cccc(CC(NC(=O)c3ccccc3)C(=O)NCC#N)c2)cn1. The average molecular weight is 387 g/mol. The minimum Gasteiger partial charge on any atom is -0.341 e. The van der Waals surface area contributed by atoms with E-state index in [0.717, 1.165) is 16.7 Å². The monoisotopic (exact) mass is 387 g/mol. The highest BCUT2D eigenvalue weighted by molar-refractivity contribution is 5.97. The highest BCUT2D eigenvalue weighted by Gasteiger charge is 2.22. The number of hydrogen-bond acceptors (Lipinski definition) is 4. The maximum absolute atomic E-state index is 12.5. The molecule has 146 valence electrons. The van der Waals surface area contributed by atoms with E-state index < -0.39 is 11.9 Å². The zero-order valence-corrected chi connectivity index (χ0v) is 16.0. The predicted octanol–water partition coefficient (Wildman–Crippen LogP) is 2.07. The summed E-state index contributed by atoms with van der Waals surface area (Å²) >= 11 is 0. The van der Waals surface area contributed by atoms with Gasteiger partial charge in [-0.1, -0.05) is 42.5 Å². The largest absolute Gasteiger partial charge is 0.341 e. The summed E-state index contributed by atoms with van der Waals surface area (Å²) in [5.74, 6) is -0.742. The van der Waals surface area contributed by atoms with Gasteiger partial charge >= 0.3 is 0 Å². The number of benzene rings is 2. The molecular formula is C22H21N5O2. The third-order valence-electron chi connectivity index (χ3n) is 4.40. The highest BCUT2D eigenvalue weighted by Crippen LogP contribution is 2.20. The van der Waals surface area contributed by atoms with Gasteiger partial charge in [0.15, 0.2) is 0 Å². The summed E-state index contributed by atoms with van der Waals surface area (Å²) in [6.45, 7) is -0.119. The van der Waals surface area contributed by atoms with Gasteiger partial charge in [0.1, 0.15) is 12.6 Å². The molecule has 1 heterocycles. The summed E-state index contributed by atoms with van der Waals surface area (Å²) in [4.78, 5) is 25.1. The number of carbonyl (C=O) groups is 2. The van der Waals surface area contributed by atoms with Crippen molar-refractivity contribution in [2.24, 2.45) is 7.05 Å². The Kier molecular flexibility index (Phi) is 6.38. The van der Waals surface area contributed by atoms with Crippen LogP contribution in [0.5, 0.6) is 0 Å². The van der Waals surface area contributed by atoms with E-state index in [-0.39, 0.29) is 12.5 Å². The van der Waals surface area contributed by atoms with Crippen molar-refractivity contribution in [1.29, 1.82) is 5.26 Å². The van der Waals surface area contributed by atoms with Crippen LogP contribution in [-0.4, -0.2) is 34.2 Å². The van der Waals surface area contributed by atoms with Crippen molar-refractivity contribution in [1.82, 2.24) is 20.4 Å². The number of aryl methyl sites for hydroxylation is 1. The van der Waals surface area contributed by atoms with E-state index in [0.29, 0.717) is 12.0 Å². The Hall–Kier alpha value is -3.92. The fourth-order valence-corrected chi connectivity index (χ4v) is 2.97. The normalized spacial score (nSPS) is 11.3. The molecule has 1 unspecified atom stereocenters. The van der Waals surface area contributed by atoms with Crippen LogP contribution in [0.15, 0.2) is 67.0 Å². The van der Waals surface area contributed by atoms with Gasteiger partial charge in [0.2, 0.25) is 5.91 Å². The van der Waals surface area contributed by atoms with Crippen LogP contribution in [0.3, 0.4) is 0 Å². The lowest BCUT2D eigenvalue weighted by atomic mass is 10.00. The van der Waals surface area contributed by atoms with Crippen LogP contribution in [-0.2, 0) is 18.3 Å². The van der Waals surface area contributed by atoms with Gasteiger partial charge in [0.05, 0.1) is 12.3 Å². The minimum atomic E-state index is -0.805. The van der Waals surface area contributed by atoms with E-state index in [9.17, 15) is 9.59 Å². The summed E-state index contributed by atoms with van der Waals surface area (Å²) in [6.07, 6.45) is 3.98. The summed E-state index contributed by atoms with van der Waals surface area (Å²) in [7, 11) is 1.85. The second kappa shape index (κ2) is 9.33. The molecular weight excluding hydrogens is 366 g/mol. The number of nitrogens with zero attached hydrogens (tertiary/aromatic N) is 3. The molecule has 29 heavy (non-hydrogen) atoms. The second-order valence-corrected chi connectivity index (χ2v) is 6.58. The molecule has 0 bridgehead atoms. The molecule has 2 N–H and O–H groups in total. The number of nitrogens with one attached hydrogen (secondary N) is 2. The molecule has 0 radical (unpaired) electrons. The molecule has 1 aromatic heterocycles. The molecule has 0 aliphatic heterocycles. The molecule has 1 atom stereocenters. The lowest BCUT2D eigenvalue weighted by Gasteiger charge is -2.18. The van der Waals surface area contributed by atoms with E-state index in [2.05, 4.69) is 15.7 Å². The van der Waals surface area contributed by atoms with Crippen molar-refractivity contribution in [3.05, 3.63) is 78.1 Å². The van der Waals surface area contributed by atoms with E-state index in [1.807, 2.05) is 49.6 Å². The fourth-order valence-electron chi connectivity index (χ4n) is 2.97. The van der Waals surface area contributed by atoms with Crippen LogP contribution < -0.4 is 10.6 Å². The van der Waals surface area contributed by atoms with E-state index >= 15 is 0 Å². The molecule has 0 aliphatic carbocycles. The fraction of sp³-hybridized carbons (Fsp3) is 0.182. The van der Waals surface area contributed by atoms with Crippen molar-refractivity contribution in [2.75, 3.05) is 6.54 Å². The van der Waals surface area contributed by atoms with Gasteiger partial charge in [0.25, 0.3) is 5.91 Å². The Labute approximate surface area is 169 Å². The van der Waals surface area contributed by atoms with E-state index in [1.165, 1.54) is 0 Å². The van der Waals surface area contributed by atoms with Gasteiger partial charge < -0.3 is 10.6 Å². The molecule has 3 rings (SSSR count). The third-order valence-corrected chi connectivity index (χ3v) is 4.40. The zero-order valence-electron chi connectivity index (χ0n) is 16.0. The molecule has 7 nitrogen and oxygen atoms in total. The Morgan fingerprint density at radius 2 is 1.93 bits per heavy atom. The number of amides is 2. The van der Waals surface area contributed by atoms with Gasteiger partial charge in [0, 0.05) is 30.8 Å². The minimum absolute atomic E-state index is 0.119. The average Bonchev–Trinajstić information content (AvgIpc) is 3.18. The van der Waals surface area contributed by atoms with Gasteiger partial charge in [-0.3, -0.25) is 14.3 Å². The highest BCUT2D eigenvalue weighted by atomic mass is 16.2. The number of hydrogen-bond donors (Lipinski definition) is 2. The van der Waals surface area contributed by atoms with Gasteiger partial charge in [-0.2, -0.15) is 10.4 Å². The van der Waals surface area contributed by atoms with Crippen LogP contribution in [0, 0.1) is 11.3 Å². The molecule has 7 heteroatoms. The molecule has 0 fully saturated rings. The summed E-state index contributed by atoms with van der Waals surface area (Å²) < 4.78 is 1.72. The van der Waals surface area contributed by atoms with Crippen molar-refractivity contribution >= 4 is 11.8 Å². The van der Waals surface area contributed by atoms with Crippen LogP contribution in [0.4, 0.5) is 0 Å². The Morgan fingerprint density at radius 3 is 2.62 bits per heavy atom. The lowest BCUT2D eigenvalue weighted by Crippen LogP contribution is -2.48. The van der Waals surface area contributed by atoms with Crippen molar-refractivity contribution in [3.63, 3.8) is 0 Å². The number of aromatic nitrogens is 2. The molecule has 2 aromatic carbocycles. The number of carbonyl (C=O) groups excluding carboxylic acids is 2. The van der Waals surface area contributed by atoms with Gasteiger partial charge in [-0.15, -0.1) is 0 Å². The quantitative estimate of drug-likeness (QED) is 0.606. The van der Waals surface area contributed by atoms with Crippen molar-refractivity contribution in [3.8, 4) is 17.2 Å². The number of rotatable bonds is 7. The molecule has 2 amide bonds. The summed E-state index contributed by atoms with van der Waals surface area (Å²) in [5.41, 5.74) is 3.29. The molecule has 0 aliphatic rings. The zero-order chi connectivity index (χ0) is 20.6. The van der Waals surface area contributed by atoms with Crippen LogP contribution in [0.1, 0.15) is 15.9 Å². The van der Waals surface area contributed by atoms with E-state index in [1.54, 1.807) is 35.1 Å². The predicted molar refractivity (Wildman–Crippen MR) is 109 cm³/mol. The van der Waals surface area contributed by atoms with Gasteiger partial charge in [-0.05, 0) is 23.3 Å². The maximum atomic E-state index is 12.5. The van der Waals surface area contributed by atoms with Crippen LogP contribution in [0.2, 0.25) is 0 Å². The summed E-state index contributed by atoms with van der Waals surface area (Å²) in [6, 6.07) is 17.5. The Bertz CT molecular complexity index is 1040. The Balaban J connectivity index is 1.80.